The number of carbonyl (C=O) groups is 3. The van der Waals surface area contributed by atoms with Gasteiger partial charge in [-0.25, -0.2) is 8.42 Å². The maximum absolute atomic E-state index is 14.9. The summed E-state index contributed by atoms with van der Waals surface area (Å²) in [6.07, 6.45) is -5.06. The number of hydrogen-bond donors (Lipinski definition) is 1. The van der Waals surface area contributed by atoms with Crippen LogP contribution in [0.25, 0.3) is 0 Å². The molecule has 0 aromatic rings. The molecule has 1 rings (SSSR count). The Balaban J connectivity index is 0.000000914. The summed E-state index contributed by atoms with van der Waals surface area (Å²) < 4.78 is 148. The number of nitrogens with one attached hydrogen (secondary N) is 1. The minimum Gasteiger partial charge on any atom is -0.463 e. The van der Waals surface area contributed by atoms with Crippen LogP contribution in [-0.2, 0) is 43.4 Å². The number of halogens is 8. The summed E-state index contributed by atoms with van der Waals surface area (Å²) in [6, 6.07) is 0. The summed E-state index contributed by atoms with van der Waals surface area (Å²) >= 11 is 0. The molecule has 1 saturated heterocycles. The van der Waals surface area contributed by atoms with Crippen molar-refractivity contribution in [3.8, 4) is 0 Å². The van der Waals surface area contributed by atoms with Crippen molar-refractivity contribution in [3.63, 3.8) is 0 Å². The molecule has 0 bridgehead atoms. The van der Waals surface area contributed by atoms with E-state index in [0.29, 0.717) is 13.3 Å². The maximum Gasteiger partial charge on any atom is 0.511 e. The highest BCUT2D eigenvalue weighted by Gasteiger charge is 2.86. The van der Waals surface area contributed by atoms with Crippen LogP contribution < -0.4 is 4.72 Å². The second-order valence-electron chi connectivity index (χ2n) is 13.2. The van der Waals surface area contributed by atoms with Crippen molar-refractivity contribution in [2.24, 2.45) is 16.7 Å². The monoisotopic (exact) mass is 709 g/mol. The van der Waals surface area contributed by atoms with Crippen LogP contribution in [0.3, 0.4) is 0 Å². The van der Waals surface area contributed by atoms with Gasteiger partial charge < -0.3 is 18.9 Å². The summed E-state index contributed by atoms with van der Waals surface area (Å²) in [5.74, 6) is -13.7. The first-order chi connectivity index (χ1) is 20.1. The van der Waals surface area contributed by atoms with Crippen molar-refractivity contribution < 1.29 is 76.9 Å². The molecular weight excluding hydrogens is 666 g/mol. The second kappa shape index (κ2) is 14.1. The summed E-state index contributed by atoms with van der Waals surface area (Å²) in [5.41, 5.74) is -11.9. The molecule has 0 aromatic heterocycles. The van der Waals surface area contributed by atoms with E-state index in [1.165, 1.54) is 46.3 Å². The Hall–Kier alpha value is -2.28. The molecule has 0 spiro atoms. The van der Waals surface area contributed by atoms with E-state index < -0.39 is 92.4 Å². The number of alkyl halides is 8. The lowest BCUT2D eigenvalue weighted by atomic mass is 9.89. The molecule has 2 unspecified atom stereocenters. The number of carbonyl (C=O) groups excluding carboxylic acids is 3. The summed E-state index contributed by atoms with van der Waals surface area (Å²) in [6.45, 7) is 13.0. The number of sulfonamides is 1. The van der Waals surface area contributed by atoms with E-state index >= 15 is 0 Å². The van der Waals surface area contributed by atoms with Gasteiger partial charge in [0, 0.05) is 0 Å². The molecule has 1 heterocycles. The fraction of sp³-hybridized carbons (Fsp3) is 0.889. The maximum atomic E-state index is 14.9. The van der Waals surface area contributed by atoms with Crippen molar-refractivity contribution in [2.45, 2.75) is 124 Å². The molecule has 10 nitrogen and oxygen atoms in total. The molecule has 0 aliphatic carbocycles. The average Bonchev–Trinajstić information content (AvgIpc) is 3.07. The summed E-state index contributed by atoms with van der Waals surface area (Å²) in [7, 11) is -5.49. The van der Waals surface area contributed by atoms with Gasteiger partial charge in [-0.05, 0) is 61.3 Å². The zero-order valence-electron chi connectivity index (χ0n) is 27.5. The third-order valence-electron chi connectivity index (χ3n) is 7.19. The van der Waals surface area contributed by atoms with E-state index in [1.54, 1.807) is 27.7 Å². The minimum absolute atomic E-state index is 0.209. The SMILES string of the molecule is CCC(C)(C)C(=O)OC1(C)COC(OC(=O)C(C)C)(C(F)(F)F)C1(F)F.CCC(C)(C)C(=O)OCC(C)(C)NS(=O)(=O)C(F)(F)F. The molecule has 272 valence electrons. The third kappa shape index (κ3) is 9.64. The first-order valence-corrected chi connectivity index (χ1v) is 15.4. The smallest absolute Gasteiger partial charge is 0.463 e. The van der Waals surface area contributed by atoms with E-state index in [4.69, 9.17) is 9.47 Å². The summed E-state index contributed by atoms with van der Waals surface area (Å²) in [4.78, 5) is 35.5. The molecule has 0 amide bonds. The van der Waals surface area contributed by atoms with Crippen molar-refractivity contribution >= 4 is 27.9 Å². The summed E-state index contributed by atoms with van der Waals surface area (Å²) in [5, 5.41) is 0. The lowest BCUT2D eigenvalue weighted by molar-refractivity contribution is -0.410. The number of esters is 3. The zero-order valence-corrected chi connectivity index (χ0v) is 28.3. The predicted molar refractivity (Wildman–Crippen MR) is 146 cm³/mol. The predicted octanol–water partition coefficient (Wildman–Crippen LogP) is 6.03. The van der Waals surface area contributed by atoms with Gasteiger partial charge in [0.15, 0.2) is 0 Å². The Labute approximate surface area is 263 Å². The first kappa shape index (κ1) is 43.7. The topological polar surface area (TPSA) is 134 Å². The van der Waals surface area contributed by atoms with Crippen LogP contribution in [-0.4, -0.2) is 74.1 Å². The molecule has 0 aromatic carbocycles. The molecule has 1 aliphatic heterocycles. The lowest BCUT2D eigenvalue weighted by Crippen LogP contribution is -2.65. The van der Waals surface area contributed by atoms with Gasteiger partial charge in [-0.3, -0.25) is 14.4 Å². The Morgan fingerprint density at radius 1 is 0.848 bits per heavy atom. The van der Waals surface area contributed by atoms with Crippen LogP contribution in [0.1, 0.15) is 89.0 Å². The largest absolute Gasteiger partial charge is 0.511 e. The van der Waals surface area contributed by atoms with Gasteiger partial charge in [-0.15, -0.1) is 0 Å². The van der Waals surface area contributed by atoms with Crippen LogP contribution in [0.4, 0.5) is 35.1 Å². The fourth-order valence-corrected chi connectivity index (χ4v) is 3.96. The van der Waals surface area contributed by atoms with E-state index in [1.807, 2.05) is 0 Å². The van der Waals surface area contributed by atoms with Crippen LogP contribution in [0.15, 0.2) is 0 Å². The molecule has 0 radical (unpaired) electrons. The van der Waals surface area contributed by atoms with Gasteiger partial charge in [0.2, 0.25) is 5.60 Å². The lowest BCUT2D eigenvalue weighted by Gasteiger charge is -2.39. The van der Waals surface area contributed by atoms with Crippen molar-refractivity contribution in [3.05, 3.63) is 0 Å². The number of hydrogen-bond acceptors (Lipinski definition) is 9. The van der Waals surface area contributed by atoms with Crippen molar-refractivity contribution in [1.82, 2.24) is 4.72 Å². The van der Waals surface area contributed by atoms with Gasteiger partial charge in [-0.2, -0.15) is 39.8 Å². The van der Waals surface area contributed by atoms with Gasteiger partial charge in [-0.1, -0.05) is 27.7 Å². The highest BCUT2D eigenvalue weighted by atomic mass is 32.2. The molecule has 2 atom stereocenters. The normalized spacial score (nSPS) is 22.5. The Morgan fingerprint density at radius 2 is 1.28 bits per heavy atom. The van der Waals surface area contributed by atoms with Crippen LogP contribution >= 0.6 is 0 Å². The highest BCUT2D eigenvalue weighted by Crippen LogP contribution is 2.57. The number of ether oxygens (including phenoxy) is 4. The van der Waals surface area contributed by atoms with Gasteiger partial charge >= 0.3 is 51.3 Å². The van der Waals surface area contributed by atoms with E-state index in [-0.39, 0.29) is 6.42 Å². The Kier molecular flexibility index (Phi) is 13.4. The Bertz CT molecular complexity index is 1210. The molecule has 0 saturated carbocycles. The van der Waals surface area contributed by atoms with Gasteiger partial charge in [0.25, 0.3) is 0 Å². The molecule has 1 N–H and O–H groups in total. The van der Waals surface area contributed by atoms with E-state index in [2.05, 4.69) is 9.47 Å². The van der Waals surface area contributed by atoms with Gasteiger partial charge in [0.1, 0.15) is 6.61 Å². The molecule has 46 heavy (non-hydrogen) atoms. The fourth-order valence-electron chi connectivity index (χ4n) is 3.06. The highest BCUT2D eigenvalue weighted by molar-refractivity contribution is 7.90. The van der Waals surface area contributed by atoms with Crippen molar-refractivity contribution in [2.75, 3.05) is 13.2 Å². The molecule has 1 fully saturated rings. The van der Waals surface area contributed by atoms with Crippen molar-refractivity contribution in [1.29, 1.82) is 0 Å². The van der Waals surface area contributed by atoms with Gasteiger partial charge in [0.05, 0.1) is 28.9 Å². The van der Waals surface area contributed by atoms with Crippen LogP contribution in [0.5, 0.6) is 0 Å². The van der Waals surface area contributed by atoms with Crippen LogP contribution in [0, 0.1) is 16.7 Å². The standard InChI is InChI=1S/C16H23F5O5.C11H20F3NO4S/c1-7-12(4,5)11(23)26-13(6)8-24-15(14(13,17)18,16(19,20)21)25-10(22)9(2)3;1-6-9(2,3)8(16)19-7-10(4,5)15-20(17,18)11(12,13)14/h9H,7-8H2,1-6H3;15H,6-7H2,1-5H3. The van der Waals surface area contributed by atoms with Crippen LogP contribution in [0.2, 0.25) is 0 Å². The zero-order chi connectivity index (χ0) is 37.2. The average molecular weight is 710 g/mol. The quantitative estimate of drug-likeness (QED) is 0.155. The minimum atomic E-state index is -5.76. The van der Waals surface area contributed by atoms with E-state index in [9.17, 15) is 57.9 Å². The Morgan fingerprint density at radius 3 is 1.65 bits per heavy atom. The molecule has 1 aliphatic rings. The second-order valence-corrected chi connectivity index (χ2v) is 14.8. The van der Waals surface area contributed by atoms with E-state index in [0.717, 1.165) is 0 Å². The molecular formula is C27H43F8NO9S. The third-order valence-corrected chi connectivity index (χ3v) is 8.62. The number of rotatable bonds is 11. The molecule has 19 heteroatoms. The first-order valence-electron chi connectivity index (χ1n) is 13.9.